The van der Waals surface area contributed by atoms with Crippen LogP contribution in [0.2, 0.25) is 0 Å². The molecule has 1 heterocycles. The van der Waals surface area contributed by atoms with Crippen LogP contribution in [-0.4, -0.2) is 40.0 Å². The van der Waals surface area contributed by atoms with Crippen LogP contribution in [-0.2, 0) is 4.79 Å². The Kier molecular flexibility index (Phi) is 6.08. The van der Waals surface area contributed by atoms with Crippen LogP contribution < -0.4 is 5.32 Å². The zero-order valence-corrected chi connectivity index (χ0v) is 11.6. The second-order valence-corrected chi connectivity index (χ2v) is 5.21. The number of thioether (sulfide) groups is 1. The number of aromatic nitrogens is 1. The molecule has 6 heteroatoms. The van der Waals surface area contributed by atoms with Gasteiger partial charge in [-0.2, -0.15) is 11.8 Å². The van der Waals surface area contributed by atoms with Crippen molar-refractivity contribution >= 4 is 29.7 Å². The van der Waals surface area contributed by atoms with E-state index in [9.17, 15) is 9.59 Å². The standard InChI is InChI=1S/C13H16N2O3S/c1-9(19-2)6-15-13(18)11-5-10(7-14-8-11)3-4-12(16)17/h3-5,7-9H,6H2,1-2H3,(H,15,18)(H,16,17)/b4-3+. The number of nitrogens with one attached hydrogen (secondary N) is 1. The second-order valence-electron chi connectivity index (χ2n) is 3.93. The Balaban J connectivity index is 2.70. The highest BCUT2D eigenvalue weighted by atomic mass is 32.2. The van der Waals surface area contributed by atoms with Gasteiger partial charge in [0.15, 0.2) is 0 Å². The number of carbonyl (C=O) groups is 2. The number of aliphatic carboxylic acids is 1. The molecule has 0 aliphatic heterocycles. The van der Waals surface area contributed by atoms with Crippen molar-refractivity contribution in [3.63, 3.8) is 0 Å². The van der Waals surface area contributed by atoms with E-state index in [1.54, 1.807) is 17.8 Å². The fraction of sp³-hybridized carbons (Fsp3) is 0.308. The Morgan fingerprint density at radius 1 is 1.53 bits per heavy atom. The van der Waals surface area contributed by atoms with Crippen molar-refractivity contribution in [2.24, 2.45) is 0 Å². The molecule has 0 radical (unpaired) electrons. The number of amides is 1. The van der Waals surface area contributed by atoms with E-state index in [1.807, 2.05) is 13.2 Å². The van der Waals surface area contributed by atoms with Crippen LogP contribution in [0.4, 0.5) is 0 Å². The molecular weight excluding hydrogens is 264 g/mol. The molecule has 102 valence electrons. The monoisotopic (exact) mass is 280 g/mol. The van der Waals surface area contributed by atoms with Gasteiger partial charge in [-0.25, -0.2) is 4.79 Å². The molecule has 1 atom stereocenters. The first-order chi connectivity index (χ1) is 9.02. The van der Waals surface area contributed by atoms with Gasteiger partial charge in [0, 0.05) is 30.3 Å². The minimum absolute atomic E-state index is 0.209. The maximum Gasteiger partial charge on any atom is 0.328 e. The summed E-state index contributed by atoms with van der Waals surface area (Å²) in [7, 11) is 0. The molecule has 19 heavy (non-hydrogen) atoms. The molecule has 0 saturated heterocycles. The maximum atomic E-state index is 11.9. The molecule has 5 nitrogen and oxygen atoms in total. The lowest BCUT2D eigenvalue weighted by Gasteiger charge is -2.09. The van der Waals surface area contributed by atoms with Crippen molar-refractivity contribution in [2.45, 2.75) is 12.2 Å². The predicted octanol–water partition coefficient (Wildman–Crippen LogP) is 1.66. The lowest BCUT2D eigenvalue weighted by molar-refractivity contribution is -0.131. The number of nitrogens with zero attached hydrogens (tertiary/aromatic N) is 1. The van der Waals surface area contributed by atoms with Crippen molar-refractivity contribution in [1.82, 2.24) is 10.3 Å². The summed E-state index contributed by atoms with van der Waals surface area (Å²) < 4.78 is 0. The van der Waals surface area contributed by atoms with Crippen LogP contribution in [0.25, 0.3) is 6.08 Å². The highest BCUT2D eigenvalue weighted by Crippen LogP contribution is 2.06. The van der Waals surface area contributed by atoms with Crippen molar-refractivity contribution in [1.29, 1.82) is 0 Å². The first-order valence-corrected chi connectivity index (χ1v) is 6.98. The van der Waals surface area contributed by atoms with E-state index in [4.69, 9.17) is 5.11 Å². The Morgan fingerprint density at radius 2 is 2.26 bits per heavy atom. The average Bonchev–Trinajstić information content (AvgIpc) is 2.42. The molecule has 0 spiro atoms. The van der Waals surface area contributed by atoms with Crippen molar-refractivity contribution in [3.8, 4) is 0 Å². The van der Waals surface area contributed by atoms with E-state index in [2.05, 4.69) is 10.3 Å². The maximum absolute atomic E-state index is 11.9. The smallest absolute Gasteiger partial charge is 0.328 e. The number of hydrogen-bond donors (Lipinski definition) is 2. The van der Waals surface area contributed by atoms with Gasteiger partial charge in [-0.1, -0.05) is 6.92 Å². The molecule has 0 fully saturated rings. The normalized spacial score (nSPS) is 12.3. The van der Waals surface area contributed by atoms with Gasteiger partial charge in [0.1, 0.15) is 0 Å². The molecule has 0 aliphatic carbocycles. The summed E-state index contributed by atoms with van der Waals surface area (Å²) in [4.78, 5) is 26.2. The highest BCUT2D eigenvalue weighted by Gasteiger charge is 2.07. The van der Waals surface area contributed by atoms with E-state index < -0.39 is 5.97 Å². The summed E-state index contributed by atoms with van der Waals surface area (Å²) in [5.41, 5.74) is 0.994. The van der Waals surface area contributed by atoms with E-state index in [-0.39, 0.29) is 5.91 Å². The van der Waals surface area contributed by atoms with Gasteiger partial charge in [0.2, 0.25) is 0 Å². The van der Waals surface area contributed by atoms with Crippen LogP contribution in [0, 0.1) is 0 Å². The predicted molar refractivity (Wildman–Crippen MR) is 76.2 cm³/mol. The second kappa shape index (κ2) is 7.58. The van der Waals surface area contributed by atoms with E-state index in [0.717, 1.165) is 6.08 Å². The molecule has 1 unspecified atom stereocenters. The van der Waals surface area contributed by atoms with Gasteiger partial charge in [-0.3, -0.25) is 9.78 Å². The van der Waals surface area contributed by atoms with Crippen LogP contribution in [0.3, 0.4) is 0 Å². The molecule has 1 aromatic heterocycles. The summed E-state index contributed by atoms with van der Waals surface area (Å²) in [6.45, 7) is 2.60. The number of pyridine rings is 1. The van der Waals surface area contributed by atoms with Gasteiger partial charge >= 0.3 is 5.97 Å². The van der Waals surface area contributed by atoms with Crippen molar-refractivity contribution in [2.75, 3.05) is 12.8 Å². The Bertz CT molecular complexity index is 489. The third kappa shape index (κ3) is 5.56. The van der Waals surface area contributed by atoms with Gasteiger partial charge in [-0.15, -0.1) is 0 Å². The molecule has 0 aliphatic rings. The molecule has 0 saturated carbocycles. The zero-order valence-electron chi connectivity index (χ0n) is 10.8. The summed E-state index contributed by atoms with van der Waals surface area (Å²) in [6, 6.07) is 1.60. The van der Waals surface area contributed by atoms with E-state index in [1.165, 1.54) is 18.5 Å². The fourth-order valence-electron chi connectivity index (χ4n) is 1.26. The third-order valence-corrected chi connectivity index (χ3v) is 3.36. The molecule has 0 aromatic carbocycles. The molecule has 0 bridgehead atoms. The summed E-state index contributed by atoms with van der Waals surface area (Å²) in [5, 5.41) is 11.7. The largest absolute Gasteiger partial charge is 0.478 e. The molecule has 2 N–H and O–H groups in total. The average molecular weight is 280 g/mol. The SMILES string of the molecule is CSC(C)CNC(=O)c1cncc(/C=C/C(=O)O)c1. The Labute approximate surface area is 116 Å². The van der Waals surface area contributed by atoms with Gasteiger partial charge in [0.05, 0.1) is 5.56 Å². The fourth-order valence-corrected chi connectivity index (χ4v) is 1.51. The van der Waals surface area contributed by atoms with Crippen LogP contribution >= 0.6 is 11.8 Å². The lowest BCUT2D eigenvalue weighted by Crippen LogP contribution is -2.29. The zero-order chi connectivity index (χ0) is 14.3. The van der Waals surface area contributed by atoms with Gasteiger partial charge < -0.3 is 10.4 Å². The van der Waals surface area contributed by atoms with E-state index >= 15 is 0 Å². The lowest BCUT2D eigenvalue weighted by atomic mass is 10.2. The van der Waals surface area contributed by atoms with Crippen molar-refractivity contribution in [3.05, 3.63) is 35.7 Å². The molecule has 1 amide bonds. The summed E-state index contributed by atoms with van der Waals surface area (Å²) in [5.74, 6) is -1.25. The number of carboxylic acids is 1. The summed E-state index contributed by atoms with van der Waals surface area (Å²) in [6.07, 6.45) is 7.35. The quantitative estimate of drug-likeness (QED) is 0.775. The molecule has 1 aromatic rings. The number of hydrogen-bond acceptors (Lipinski definition) is 4. The minimum atomic E-state index is -1.04. The van der Waals surface area contributed by atoms with Gasteiger partial charge in [0.25, 0.3) is 5.91 Å². The topological polar surface area (TPSA) is 79.3 Å². The van der Waals surface area contributed by atoms with Crippen LogP contribution in [0.1, 0.15) is 22.8 Å². The molecule has 1 rings (SSSR count). The minimum Gasteiger partial charge on any atom is -0.478 e. The molecular formula is C13H16N2O3S. The van der Waals surface area contributed by atoms with Gasteiger partial charge in [-0.05, 0) is 24.0 Å². The Morgan fingerprint density at radius 3 is 2.89 bits per heavy atom. The Hall–Kier alpha value is -1.82. The number of rotatable bonds is 6. The number of carbonyl (C=O) groups excluding carboxylic acids is 1. The van der Waals surface area contributed by atoms with E-state index in [0.29, 0.717) is 22.9 Å². The van der Waals surface area contributed by atoms with Crippen LogP contribution in [0.15, 0.2) is 24.5 Å². The first kappa shape index (κ1) is 15.2. The van der Waals surface area contributed by atoms with Crippen molar-refractivity contribution < 1.29 is 14.7 Å². The number of carboxylic acid groups (broad SMARTS) is 1. The third-order valence-electron chi connectivity index (χ3n) is 2.39. The van der Waals surface area contributed by atoms with Crippen LogP contribution in [0.5, 0.6) is 0 Å². The highest BCUT2D eigenvalue weighted by molar-refractivity contribution is 7.99. The summed E-state index contributed by atoms with van der Waals surface area (Å²) >= 11 is 1.67. The first-order valence-electron chi connectivity index (χ1n) is 5.70.